The quantitative estimate of drug-likeness (QED) is 0.911. The fourth-order valence-electron chi connectivity index (χ4n) is 3.37. The lowest BCUT2D eigenvalue weighted by Crippen LogP contribution is -2.50. The molecule has 2 atom stereocenters. The number of thiazole rings is 1. The van der Waals surface area contributed by atoms with Crippen LogP contribution in [0.1, 0.15) is 52.1 Å². The van der Waals surface area contributed by atoms with Gasteiger partial charge in [0, 0.05) is 35.9 Å². The zero-order valence-electron chi connectivity index (χ0n) is 15.4. The van der Waals surface area contributed by atoms with Crippen molar-refractivity contribution in [1.29, 1.82) is 0 Å². The van der Waals surface area contributed by atoms with E-state index in [2.05, 4.69) is 32.5 Å². The molecule has 0 saturated carbocycles. The summed E-state index contributed by atoms with van der Waals surface area (Å²) >= 11 is 1.71. The van der Waals surface area contributed by atoms with Gasteiger partial charge in [-0.3, -0.25) is 14.7 Å². The highest BCUT2D eigenvalue weighted by atomic mass is 32.1. The first kappa shape index (κ1) is 18.0. The second-order valence-corrected chi connectivity index (χ2v) is 8.03. The van der Waals surface area contributed by atoms with Gasteiger partial charge in [0.1, 0.15) is 10.7 Å². The number of hydrogen-bond acceptors (Lipinski definition) is 5. The normalized spacial score (nSPS) is 21.3. The first-order valence-corrected chi connectivity index (χ1v) is 9.69. The number of pyridine rings is 1. The number of hydrogen-bond donors (Lipinski definition) is 1. The summed E-state index contributed by atoms with van der Waals surface area (Å²) in [5.41, 5.74) is 3.61. The molecule has 1 aliphatic heterocycles. The Hall–Kier alpha value is -1.79. The Kier molecular flexibility index (Phi) is 5.49. The molecule has 2 aromatic heterocycles. The molecule has 1 saturated heterocycles. The van der Waals surface area contributed by atoms with Gasteiger partial charge in [0.05, 0.1) is 6.54 Å². The summed E-state index contributed by atoms with van der Waals surface area (Å²) in [5, 5.41) is 6.41. The third-order valence-corrected chi connectivity index (χ3v) is 5.73. The fraction of sp³-hybridized carbons (Fsp3) is 0.526. The summed E-state index contributed by atoms with van der Waals surface area (Å²) in [6.07, 6.45) is 3.84. The van der Waals surface area contributed by atoms with Crippen molar-refractivity contribution in [2.75, 3.05) is 6.54 Å². The molecular formula is C19H26N4OS. The summed E-state index contributed by atoms with van der Waals surface area (Å²) in [6, 6.07) is 2.67. The Morgan fingerprint density at radius 3 is 2.84 bits per heavy atom. The number of carbonyl (C=O) groups excluding carboxylic acids is 1. The maximum absolute atomic E-state index is 12.6. The number of carbonyl (C=O) groups is 1. The van der Waals surface area contributed by atoms with Gasteiger partial charge in [0.2, 0.25) is 0 Å². The smallest absolute Gasteiger partial charge is 0.270 e. The number of nitrogens with zero attached hydrogens (tertiary/aromatic N) is 3. The van der Waals surface area contributed by atoms with E-state index in [9.17, 15) is 4.79 Å². The SMILES string of the molecule is Cc1cnc(C(=O)NC2CCC(C)N(Cc3nc(C)cs3)C2)c(C)c1. The molecule has 134 valence electrons. The highest BCUT2D eigenvalue weighted by Gasteiger charge is 2.27. The number of rotatable bonds is 4. The number of likely N-dealkylation sites (tertiary alicyclic amines) is 1. The van der Waals surface area contributed by atoms with Crippen molar-refractivity contribution in [3.05, 3.63) is 45.2 Å². The molecule has 0 spiro atoms. The van der Waals surface area contributed by atoms with Gasteiger partial charge < -0.3 is 5.32 Å². The zero-order chi connectivity index (χ0) is 18.0. The third-order valence-electron chi connectivity index (χ3n) is 4.78. The van der Waals surface area contributed by atoms with E-state index in [0.29, 0.717) is 11.7 Å². The number of amides is 1. The summed E-state index contributed by atoms with van der Waals surface area (Å²) in [6.45, 7) is 9.92. The monoisotopic (exact) mass is 358 g/mol. The van der Waals surface area contributed by atoms with E-state index in [0.717, 1.165) is 47.8 Å². The van der Waals surface area contributed by atoms with Crippen LogP contribution in [0.2, 0.25) is 0 Å². The van der Waals surface area contributed by atoms with Gasteiger partial charge in [-0.1, -0.05) is 6.07 Å². The van der Waals surface area contributed by atoms with Gasteiger partial charge in [-0.05, 0) is 51.7 Å². The number of piperidine rings is 1. The predicted octanol–water partition coefficient (Wildman–Crippen LogP) is 3.25. The molecule has 3 rings (SSSR count). The summed E-state index contributed by atoms with van der Waals surface area (Å²) in [7, 11) is 0. The topological polar surface area (TPSA) is 58.1 Å². The average Bonchev–Trinajstić information content (AvgIpc) is 2.95. The standard InChI is InChI=1S/C19H26N4OS/c1-12-7-13(2)18(20-8-12)19(24)22-16-6-5-15(4)23(9-16)10-17-21-14(3)11-25-17/h7-8,11,15-16H,5-6,9-10H2,1-4H3,(H,22,24). The molecule has 1 aliphatic rings. The van der Waals surface area contributed by atoms with Crippen LogP contribution in [-0.2, 0) is 6.54 Å². The second-order valence-electron chi connectivity index (χ2n) is 7.09. The molecular weight excluding hydrogens is 332 g/mol. The van der Waals surface area contributed by atoms with Crippen molar-refractivity contribution in [3.8, 4) is 0 Å². The Morgan fingerprint density at radius 1 is 1.36 bits per heavy atom. The van der Waals surface area contributed by atoms with Crippen LogP contribution in [0.4, 0.5) is 0 Å². The van der Waals surface area contributed by atoms with Gasteiger partial charge in [-0.25, -0.2) is 4.98 Å². The van der Waals surface area contributed by atoms with Crippen molar-refractivity contribution < 1.29 is 4.79 Å². The second kappa shape index (κ2) is 7.62. The van der Waals surface area contributed by atoms with Gasteiger partial charge in [-0.2, -0.15) is 0 Å². The van der Waals surface area contributed by atoms with Crippen LogP contribution in [0.15, 0.2) is 17.6 Å². The minimum atomic E-state index is -0.0675. The van der Waals surface area contributed by atoms with E-state index in [4.69, 9.17) is 0 Å². The van der Waals surface area contributed by atoms with Crippen LogP contribution in [0.25, 0.3) is 0 Å². The minimum Gasteiger partial charge on any atom is -0.347 e. The van der Waals surface area contributed by atoms with E-state index in [1.165, 1.54) is 0 Å². The molecule has 1 amide bonds. The van der Waals surface area contributed by atoms with E-state index >= 15 is 0 Å². The molecule has 0 aromatic carbocycles. The predicted molar refractivity (Wildman–Crippen MR) is 101 cm³/mol. The Morgan fingerprint density at radius 2 is 2.16 bits per heavy atom. The number of aromatic nitrogens is 2. The summed E-state index contributed by atoms with van der Waals surface area (Å²) in [4.78, 5) is 23.9. The Labute approximate surface area is 153 Å². The van der Waals surface area contributed by atoms with Crippen molar-refractivity contribution in [2.24, 2.45) is 0 Å². The highest BCUT2D eigenvalue weighted by molar-refractivity contribution is 7.09. The maximum Gasteiger partial charge on any atom is 0.270 e. The van der Waals surface area contributed by atoms with Crippen LogP contribution < -0.4 is 5.32 Å². The van der Waals surface area contributed by atoms with E-state index in [-0.39, 0.29) is 11.9 Å². The Balaban J connectivity index is 1.63. The third kappa shape index (κ3) is 4.44. The van der Waals surface area contributed by atoms with E-state index < -0.39 is 0 Å². The van der Waals surface area contributed by atoms with Gasteiger partial charge >= 0.3 is 0 Å². The summed E-state index contributed by atoms with van der Waals surface area (Å²) in [5.74, 6) is -0.0675. The lowest BCUT2D eigenvalue weighted by molar-refractivity contribution is 0.0847. The molecule has 5 nitrogen and oxygen atoms in total. The van der Waals surface area contributed by atoms with Crippen LogP contribution >= 0.6 is 11.3 Å². The minimum absolute atomic E-state index is 0.0675. The first-order valence-electron chi connectivity index (χ1n) is 8.81. The zero-order valence-corrected chi connectivity index (χ0v) is 16.2. The molecule has 1 fully saturated rings. The lowest BCUT2D eigenvalue weighted by atomic mass is 9.99. The molecule has 0 aliphatic carbocycles. The number of nitrogens with one attached hydrogen (secondary N) is 1. The lowest BCUT2D eigenvalue weighted by Gasteiger charge is -2.37. The molecule has 1 N–H and O–H groups in total. The summed E-state index contributed by atoms with van der Waals surface area (Å²) < 4.78 is 0. The van der Waals surface area contributed by atoms with Gasteiger partial charge in [0.25, 0.3) is 5.91 Å². The van der Waals surface area contributed by atoms with Crippen LogP contribution in [0.3, 0.4) is 0 Å². The Bertz CT molecular complexity index is 758. The van der Waals surface area contributed by atoms with Gasteiger partial charge in [-0.15, -0.1) is 11.3 Å². The molecule has 2 unspecified atom stereocenters. The molecule has 0 radical (unpaired) electrons. The van der Waals surface area contributed by atoms with Crippen molar-refractivity contribution >= 4 is 17.2 Å². The van der Waals surface area contributed by atoms with Gasteiger partial charge in [0.15, 0.2) is 0 Å². The fourth-order valence-corrected chi connectivity index (χ4v) is 4.17. The van der Waals surface area contributed by atoms with E-state index in [1.807, 2.05) is 26.8 Å². The van der Waals surface area contributed by atoms with Crippen molar-refractivity contribution in [1.82, 2.24) is 20.2 Å². The van der Waals surface area contributed by atoms with Crippen LogP contribution in [0.5, 0.6) is 0 Å². The van der Waals surface area contributed by atoms with E-state index in [1.54, 1.807) is 17.5 Å². The molecule has 2 aromatic rings. The largest absolute Gasteiger partial charge is 0.347 e. The average molecular weight is 359 g/mol. The molecule has 0 bridgehead atoms. The molecule has 6 heteroatoms. The first-order chi connectivity index (χ1) is 11.9. The van der Waals surface area contributed by atoms with Crippen molar-refractivity contribution in [3.63, 3.8) is 0 Å². The van der Waals surface area contributed by atoms with Crippen LogP contribution in [-0.4, -0.2) is 39.4 Å². The van der Waals surface area contributed by atoms with Crippen LogP contribution in [0, 0.1) is 20.8 Å². The van der Waals surface area contributed by atoms with Crippen molar-refractivity contribution in [2.45, 2.75) is 59.2 Å². The maximum atomic E-state index is 12.6. The number of aryl methyl sites for hydroxylation is 3. The molecule has 25 heavy (non-hydrogen) atoms. The molecule has 3 heterocycles. The highest BCUT2D eigenvalue weighted by Crippen LogP contribution is 2.21.